The number of aromatic nitrogens is 2. The van der Waals surface area contributed by atoms with Crippen LogP contribution in [0.5, 0.6) is 0 Å². The number of ether oxygens (including phenoxy) is 2. The normalized spacial score (nSPS) is 18.4. The molecule has 5 nitrogen and oxygen atoms in total. The van der Waals surface area contributed by atoms with Crippen molar-refractivity contribution in [1.29, 1.82) is 0 Å². The number of nitrogens with zero attached hydrogens (tertiary/aromatic N) is 2. The first-order valence-corrected chi connectivity index (χ1v) is 6.99. The zero-order valence-electron chi connectivity index (χ0n) is 11.1. The minimum Gasteiger partial charge on any atom is -0.350 e. The maximum atomic E-state index is 5.49. The lowest BCUT2D eigenvalue weighted by atomic mass is 10.1. The summed E-state index contributed by atoms with van der Waals surface area (Å²) in [6, 6.07) is 0.319. The van der Waals surface area contributed by atoms with Gasteiger partial charge in [0.25, 0.3) is 0 Å². The van der Waals surface area contributed by atoms with Crippen molar-refractivity contribution in [3.05, 3.63) is 15.9 Å². The quantitative estimate of drug-likeness (QED) is 0.891. The second-order valence-electron chi connectivity index (χ2n) is 4.57. The molecule has 1 unspecified atom stereocenters. The molecule has 1 fully saturated rings. The SMILES string of the molecule is CNC(Cc1c(Br)c(C)nn1C)CC1OCCO1. The summed E-state index contributed by atoms with van der Waals surface area (Å²) in [6.45, 7) is 3.41. The van der Waals surface area contributed by atoms with Gasteiger partial charge in [0.15, 0.2) is 6.29 Å². The fourth-order valence-electron chi connectivity index (χ4n) is 2.21. The van der Waals surface area contributed by atoms with Gasteiger partial charge in [0, 0.05) is 25.9 Å². The highest BCUT2D eigenvalue weighted by atomic mass is 79.9. The van der Waals surface area contributed by atoms with Crippen LogP contribution in [0.25, 0.3) is 0 Å². The number of halogens is 1. The van der Waals surface area contributed by atoms with Crippen molar-refractivity contribution >= 4 is 15.9 Å². The van der Waals surface area contributed by atoms with E-state index in [-0.39, 0.29) is 6.29 Å². The van der Waals surface area contributed by atoms with Gasteiger partial charge in [-0.05, 0) is 29.9 Å². The molecule has 1 N–H and O–H groups in total. The van der Waals surface area contributed by atoms with E-state index in [1.807, 2.05) is 25.7 Å². The molecule has 0 bridgehead atoms. The Kier molecular flexibility index (Phi) is 4.77. The first-order valence-electron chi connectivity index (χ1n) is 6.20. The Morgan fingerprint density at radius 1 is 1.50 bits per heavy atom. The molecule has 102 valence electrons. The predicted octanol–water partition coefficient (Wildman–Crippen LogP) is 1.38. The third-order valence-electron chi connectivity index (χ3n) is 3.28. The molecule has 1 saturated heterocycles. The van der Waals surface area contributed by atoms with Gasteiger partial charge in [0.05, 0.1) is 29.1 Å². The van der Waals surface area contributed by atoms with E-state index in [9.17, 15) is 0 Å². The molecule has 2 heterocycles. The molecule has 2 rings (SSSR count). The summed E-state index contributed by atoms with van der Waals surface area (Å²) < 4.78 is 14.0. The molecule has 1 aromatic heterocycles. The molecular formula is C12H20BrN3O2. The van der Waals surface area contributed by atoms with Gasteiger partial charge in [-0.3, -0.25) is 4.68 Å². The highest BCUT2D eigenvalue weighted by molar-refractivity contribution is 9.10. The lowest BCUT2D eigenvalue weighted by Gasteiger charge is -2.19. The summed E-state index contributed by atoms with van der Waals surface area (Å²) >= 11 is 3.60. The van der Waals surface area contributed by atoms with Crippen LogP contribution < -0.4 is 5.32 Å². The molecule has 0 spiro atoms. The molecule has 0 amide bonds. The number of rotatable bonds is 5. The maximum Gasteiger partial charge on any atom is 0.159 e. The summed E-state index contributed by atoms with van der Waals surface area (Å²) in [6.07, 6.45) is 1.68. The fourth-order valence-corrected chi connectivity index (χ4v) is 2.71. The first kappa shape index (κ1) is 14.0. The highest BCUT2D eigenvalue weighted by Crippen LogP contribution is 2.23. The van der Waals surface area contributed by atoms with Crippen molar-refractivity contribution in [3.8, 4) is 0 Å². The number of aryl methyl sites for hydroxylation is 2. The van der Waals surface area contributed by atoms with E-state index < -0.39 is 0 Å². The van der Waals surface area contributed by atoms with E-state index in [4.69, 9.17) is 9.47 Å². The van der Waals surface area contributed by atoms with Crippen LogP contribution in [-0.4, -0.2) is 42.4 Å². The average molecular weight is 318 g/mol. The predicted molar refractivity (Wildman–Crippen MR) is 72.5 cm³/mol. The minimum absolute atomic E-state index is 0.0736. The summed E-state index contributed by atoms with van der Waals surface area (Å²) in [5, 5.41) is 7.73. The van der Waals surface area contributed by atoms with Crippen LogP contribution in [0.1, 0.15) is 17.8 Å². The molecule has 6 heteroatoms. The van der Waals surface area contributed by atoms with Crippen LogP contribution in [0.3, 0.4) is 0 Å². The van der Waals surface area contributed by atoms with Crippen molar-refractivity contribution in [3.63, 3.8) is 0 Å². The second kappa shape index (κ2) is 6.14. The molecule has 18 heavy (non-hydrogen) atoms. The Labute approximate surface area is 116 Å². The summed E-state index contributed by atoms with van der Waals surface area (Å²) in [7, 11) is 3.94. The van der Waals surface area contributed by atoms with E-state index in [2.05, 4.69) is 26.3 Å². The van der Waals surface area contributed by atoms with E-state index in [0.717, 1.165) is 23.0 Å². The van der Waals surface area contributed by atoms with Gasteiger partial charge < -0.3 is 14.8 Å². The third-order valence-corrected chi connectivity index (χ3v) is 4.31. The molecule has 0 aromatic carbocycles. The molecule has 1 aromatic rings. The van der Waals surface area contributed by atoms with Gasteiger partial charge in [0.1, 0.15) is 0 Å². The number of hydrogen-bond donors (Lipinski definition) is 1. The van der Waals surface area contributed by atoms with Crippen LogP contribution in [0.2, 0.25) is 0 Å². The Bertz CT molecular complexity index is 402. The van der Waals surface area contributed by atoms with E-state index in [1.165, 1.54) is 5.69 Å². The van der Waals surface area contributed by atoms with E-state index >= 15 is 0 Å². The summed E-state index contributed by atoms with van der Waals surface area (Å²) in [4.78, 5) is 0. The monoisotopic (exact) mass is 317 g/mol. The summed E-state index contributed by atoms with van der Waals surface area (Å²) in [5.41, 5.74) is 2.22. The van der Waals surface area contributed by atoms with Gasteiger partial charge in [-0.15, -0.1) is 0 Å². The van der Waals surface area contributed by atoms with E-state index in [1.54, 1.807) is 0 Å². The lowest BCUT2D eigenvalue weighted by molar-refractivity contribution is -0.0523. The van der Waals surface area contributed by atoms with Crippen LogP contribution in [0.4, 0.5) is 0 Å². The van der Waals surface area contributed by atoms with Crippen molar-refractivity contribution in [2.45, 2.75) is 32.1 Å². The molecule has 1 aliphatic rings. The van der Waals surface area contributed by atoms with Crippen molar-refractivity contribution in [2.24, 2.45) is 7.05 Å². The lowest BCUT2D eigenvalue weighted by Crippen LogP contribution is -2.33. The summed E-state index contributed by atoms with van der Waals surface area (Å²) in [5.74, 6) is 0. The molecular weight excluding hydrogens is 298 g/mol. The zero-order valence-corrected chi connectivity index (χ0v) is 12.7. The molecule has 0 aliphatic carbocycles. The van der Waals surface area contributed by atoms with Crippen LogP contribution in [-0.2, 0) is 22.9 Å². The Morgan fingerprint density at radius 2 is 2.17 bits per heavy atom. The van der Waals surface area contributed by atoms with Gasteiger partial charge in [-0.1, -0.05) is 0 Å². The van der Waals surface area contributed by atoms with Gasteiger partial charge in [-0.2, -0.15) is 5.10 Å². The Balaban J connectivity index is 2.00. The molecule has 1 aliphatic heterocycles. The van der Waals surface area contributed by atoms with Gasteiger partial charge in [0.2, 0.25) is 0 Å². The topological polar surface area (TPSA) is 48.3 Å². The van der Waals surface area contributed by atoms with Crippen LogP contribution in [0, 0.1) is 6.92 Å². The Hall–Kier alpha value is -0.430. The number of likely N-dealkylation sites (N-methyl/N-ethyl adjacent to an activating group) is 1. The third kappa shape index (κ3) is 3.12. The van der Waals surface area contributed by atoms with Crippen LogP contribution >= 0.6 is 15.9 Å². The standard InChI is InChI=1S/C12H20BrN3O2/c1-8-12(13)10(16(3)15-8)6-9(14-2)7-11-17-4-5-18-11/h9,11,14H,4-7H2,1-3H3. The smallest absolute Gasteiger partial charge is 0.159 e. The van der Waals surface area contributed by atoms with Crippen LogP contribution in [0.15, 0.2) is 4.47 Å². The van der Waals surface area contributed by atoms with Crippen molar-refractivity contribution in [1.82, 2.24) is 15.1 Å². The first-order chi connectivity index (χ1) is 8.61. The average Bonchev–Trinajstić information content (AvgIpc) is 2.92. The van der Waals surface area contributed by atoms with Crippen molar-refractivity contribution in [2.75, 3.05) is 20.3 Å². The molecule has 0 saturated carbocycles. The number of hydrogen-bond acceptors (Lipinski definition) is 4. The number of nitrogens with one attached hydrogen (secondary N) is 1. The second-order valence-corrected chi connectivity index (χ2v) is 5.36. The fraction of sp³-hybridized carbons (Fsp3) is 0.750. The van der Waals surface area contributed by atoms with Crippen molar-refractivity contribution < 1.29 is 9.47 Å². The zero-order chi connectivity index (χ0) is 13.1. The molecule has 0 radical (unpaired) electrons. The molecule has 1 atom stereocenters. The maximum absolute atomic E-state index is 5.49. The Morgan fingerprint density at radius 3 is 2.67 bits per heavy atom. The largest absolute Gasteiger partial charge is 0.350 e. The van der Waals surface area contributed by atoms with Gasteiger partial charge >= 0.3 is 0 Å². The van der Waals surface area contributed by atoms with Gasteiger partial charge in [-0.25, -0.2) is 0 Å². The minimum atomic E-state index is -0.0736. The highest BCUT2D eigenvalue weighted by Gasteiger charge is 2.22. The van der Waals surface area contributed by atoms with E-state index in [0.29, 0.717) is 19.3 Å².